The smallest absolute Gasteiger partial charge is 0.310 e. The second-order valence-electron chi connectivity index (χ2n) is 5.13. The first-order valence-electron chi connectivity index (χ1n) is 7.78. The van der Waals surface area contributed by atoms with E-state index in [0.717, 1.165) is 29.7 Å². The van der Waals surface area contributed by atoms with Gasteiger partial charge in [0.1, 0.15) is 0 Å². The Bertz CT molecular complexity index is 554. The summed E-state index contributed by atoms with van der Waals surface area (Å²) in [6.07, 6.45) is 10.7. The van der Waals surface area contributed by atoms with Gasteiger partial charge in [-0.2, -0.15) is 0 Å². The van der Waals surface area contributed by atoms with Gasteiger partial charge in [-0.25, -0.2) is 0 Å². The first kappa shape index (κ1) is 17.9. The summed E-state index contributed by atoms with van der Waals surface area (Å²) in [7, 11) is 0. The molecule has 3 heteroatoms. The first-order chi connectivity index (χ1) is 10.6. The van der Waals surface area contributed by atoms with Crippen LogP contribution >= 0.6 is 0 Å². The summed E-state index contributed by atoms with van der Waals surface area (Å²) in [4.78, 5) is 15.6. The molecule has 0 aliphatic heterocycles. The Labute approximate surface area is 133 Å². The largest absolute Gasteiger partial charge is 0.481 e. The van der Waals surface area contributed by atoms with E-state index < -0.39 is 11.9 Å². The zero-order chi connectivity index (χ0) is 16.5. The molecule has 3 nitrogen and oxygen atoms in total. The van der Waals surface area contributed by atoms with Crippen molar-refractivity contribution in [1.29, 1.82) is 0 Å². The SMILES string of the molecule is C=C(C)C(Cc1ccc(C2=CCCC=C2)nc1)C(=O)O.CC. The number of hydrogen-bond donors (Lipinski definition) is 1. The summed E-state index contributed by atoms with van der Waals surface area (Å²) >= 11 is 0. The lowest BCUT2D eigenvalue weighted by molar-refractivity contribution is -0.140. The topological polar surface area (TPSA) is 50.2 Å². The number of nitrogens with zero attached hydrogens (tertiary/aromatic N) is 1. The summed E-state index contributed by atoms with van der Waals surface area (Å²) < 4.78 is 0. The van der Waals surface area contributed by atoms with Gasteiger partial charge in [-0.3, -0.25) is 9.78 Å². The number of allylic oxidation sites excluding steroid dienone is 4. The standard InChI is InChI=1S/C17H19NO2.C2H6/c1-12(2)15(17(19)20)10-13-8-9-16(18-11-13)14-6-4-3-5-7-14;1-2/h4,6-9,11,15H,1,3,5,10H2,2H3,(H,19,20);1-2H3. The summed E-state index contributed by atoms with van der Waals surface area (Å²) in [5, 5.41) is 9.16. The number of carbonyl (C=O) groups is 1. The molecule has 0 spiro atoms. The van der Waals surface area contributed by atoms with E-state index in [0.29, 0.717) is 12.0 Å². The number of pyridine rings is 1. The molecule has 22 heavy (non-hydrogen) atoms. The molecule has 0 bridgehead atoms. The molecule has 0 aromatic carbocycles. The number of aliphatic carboxylic acids is 1. The molecule has 1 unspecified atom stereocenters. The van der Waals surface area contributed by atoms with Crippen molar-refractivity contribution in [3.63, 3.8) is 0 Å². The zero-order valence-electron chi connectivity index (χ0n) is 13.7. The molecule has 0 amide bonds. The summed E-state index contributed by atoms with van der Waals surface area (Å²) in [5.41, 5.74) is 3.66. The van der Waals surface area contributed by atoms with Crippen LogP contribution in [0, 0.1) is 5.92 Å². The fourth-order valence-corrected chi connectivity index (χ4v) is 2.23. The Balaban J connectivity index is 0.00000116. The van der Waals surface area contributed by atoms with Crippen molar-refractivity contribution in [3.05, 3.63) is 60.0 Å². The average Bonchev–Trinajstić information content (AvgIpc) is 2.55. The number of rotatable bonds is 5. The molecule has 1 atom stereocenters. The van der Waals surface area contributed by atoms with E-state index in [2.05, 4.69) is 29.8 Å². The van der Waals surface area contributed by atoms with Crippen LogP contribution in [-0.4, -0.2) is 16.1 Å². The molecule has 1 aromatic rings. The summed E-state index contributed by atoms with van der Waals surface area (Å²) in [6, 6.07) is 3.90. The monoisotopic (exact) mass is 299 g/mol. The van der Waals surface area contributed by atoms with Gasteiger partial charge in [-0.1, -0.05) is 50.3 Å². The van der Waals surface area contributed by atoms with Crippen molar-refractivity contribution in [2.45, 2.75) is 40.0 Å². The van der Waals surface area contributed by atoms with Crippen LogP contribution in [0.4, 0.5) is 0 Å². The van der Waals surface area contributed by atoms with Crippen LogP contribution in [0.3, 0.4) is 0 Å². The van der Waals surface area contributed by atoms with E-state index in [-0.39, 0.29) is 0 Å². The van der Waals surface area contributed by atoms with Crippen molar-refractivity contribution < 1.29 is 9.90 Å². The van der Waals surface area contributed by atoms with Gasteiger partial charge in [-0.15, -0.1) is 0 Å². The minimum absolute atomic E-state index is 0.437. The third-order valence-electron chi connectivity index (χ3n) is 3.45. The van der Waals surface area contributed by atoms with E-state index >= 15 is 0 Å². The highest BCUT2D eigenvalue weighted by atomic mass is 16.4. The van der Waals surface area contributed by atoms with Gasteiger partial charge in [0.25, 0.3) is 0 Å². The van der Waals surface area contributed by atoms with E-state index in [9.17, 15) is 4.79 Å². The van der Waals surface area contributed by atoms with Gasteiger partial charge in [-0.05, 0) is 43.4 Å². The normalized spacial score (nSPS) is 14.4. The van der Waals surface area contributed by atoms with Gasteiger partial charge in [0.15, 0.2) is 0 Å². The Hall–Kier alpha value is -2.16. The number of carboxylic acids is 1. The van der Waals surface area contributed by atoms with Gasteiger partial charge in [0, 0.05) is 6.20 Å². The molecule has 0 fully saturated rings. The maximum Gasteiger partial charge on any atom is 0.310 e. The second-order valence-corrected chi connectivity index (χ2v) is 5.13. The molecule has 118 valence electrons. The molecule has 1 N–H and O–H groups in total. The molecular formula is C19H25NO2. The van der Waals surface area contributed by atoms with E-state index in [1.54, 1.807) is 13.1 Å². The van der Waals surface area contributed by atoms with Crippen molar-refractivity contribution in [2.24, 2.45) is 5.92 Å². The molecule has 1 aliphatic rings. The Morgan fingerprint density at radius 3 is 2.55 bits per heavy atom. The Morgan fingerprint density at radius 1 is 1.36 bits per heavy atom. The predicted octanol–water partition coefficient (Wildman–Crippen LogP) is 4.66. The lowest BCUT2D eigenvalue weighted by Gasteiger charge is -2.12. The van der Waals surface area contributed by atoms with E-state index in [1.165, 1.54) is 0 Å². The highest BCUT2D eigenvalue weighted by Gasteiger charge is 2.18. The first-order valence-corrected chi connectivity index (χ1v) is 7.78. The van der Waals surface area contributed by atoms with Gasteiger partial charge in [0.2, 0.25) is 0 Å². The number of carboxylic acid groups (broad SMARTS) is 1. The molecule has 1 heterocycles. The third-order valence-corrected chi connectivity index (χ3v) is 3.45. The van der Waals surface area contributed by atoms with Gasteiger partial charge < -0.3 is 5.11 Å². The predicted molar refractivity (Wildman–Crippen MR) is 91.6 cm³/mol. The van der Waals surface area contributed by atoms with Crippen LogP contribution in [0.1, 0.15) is 44.9 Å². The van der Waals surface area contributed by atoms with Crippen molar-refractivity contribution >= 4 is 11.5 Å². The molecule has 1 aliphatic carbocycles. The van der Waals surface area contributed by atoms with Gasteiger partial charge >= 0.3 is 5.97 Å². The maximum absolute atomic E-state index is 11.2. The minimum Gasteiger partial charge on any atom is -0.481 e. The van der Waals surface area contributed by atoms with E-state index in [4.69, 9.17) is 5.11 Å². The summed E-state index contributed by atoms with van der Waals surface area (Å²) in [6.45, 7) is 9.49. The van der Waals surface area contributed by atoms with Crippen LogP contribution in [0.25, 0.3) is 5.57 Å². The highest BCUT2D eigenvalue weighted by molar-refractivity contribution is 5.74. The van der Waals surface area contributed by atoms with Crippen molar-refractivity contribution in [2.75, 3.05) is 0 Å². The molecule has 1 aromatic heterocycles. The lowest BCUT2D eigenvalue weighted by Crippen LogP contribution is -2.17. The minimum atomic E-state index is -0.834. The molecule has 0 radical (unpaired) electrons. The lowest BCUT2D eigenvalue weighted by atomic mass is 9.94. The van der Waals surface area contributed by atoms with Crippen LogP contribution in [-0.2, 0) is 11.2 Å². The Kier molecular flexibility index (Phi) is 7.30. The van der Waals surface area contributed by atoms with Crippen LogP contribution in [0.15, 0.2) is 48.7 Å². The number of hydrogen-bond acceptors (Lipinski definition) is 2. The Morgan fingerprint density at radius 2 is 2.09 bits per heavy atom. The zero-order valence-corrected chi connectivity index (χ0v) is 13.7. The van der Waals surface area contributed by atoms with Crippen LogP contribution < -0.4 is 0 Å². The van der Waals surface area contributed by atoms with Crippen LogP contribution in [0.2, 0.25) is 0 Å². The van der Waals surface area contributed by atoms with Crippen molar-refractivity contribution in [1.82, 2.24) is 4.98 Å². The van der Waals surface area contributed by atoms with Gasteiger partial charge in [0.05, 0.1) is 11.6 Å². The average molecular weight is 299 g/mol. The molecular weight excluding hydrogens is 274 g/mol. The van der Waals surface area contributed by atoms with Crippen molar-refractivity contribution in [3.8, 4) is 0 Å². The second kappa shape index (κ2) is 8.98. The highest BCUT2D eigenvalue weighted by Crippen LogP contribution is 2.21. The fraction of sp³-hybridized carbons (Fsp3) is 0.368. The van der Waals surface area contributed by atoms with Crippen LogP contribution in [0.5, 0.6) is 0 Å². The molecule has 0 saturated heterocycles. The van der Waals surface area contributed by atoms with E-state index in [1.807, 2.05) is 26.0 Å². The summed E-state index contributed by atoms with van der Waals surface area (Å²) in [5.74, 6) is -1.38. The molecule has 2 rings (SSSR count). The number of aromatic nitrogens is 1. The fourth-order valence-electron chi connectivity index (χ4n) is 2.23. The molecule has 0 saturated carbocycles. The maximum atomic E-state index is 11.2. The quantitative estimate of drug-likeness (QED) is 0.804. The third kappa shape index (κ3) is 4.99.